The SMILES string of the molecule is CCOC(=O)c1nc(Br)c(C)nc1N1CCC2(CC1)Cc1ccccc1[C@H]2N[S@](=O)C(C)(C)C.CCOC(=O)c1nc(Sc2ccnc(CCc3ccc(OC)cc3OC)n2)c(C)nc1N1CCC2(CC1)Cc1ccccc1[C@H]2N[S@@](=O)C(C)(C)C.COc1ccc(CNc2nccc([S-])n2)c(OC)c1.[K+]. The molecule has 23 nitrogen and oxygen atoms in total. The molecule has 560 valence electrons. The molecule has 0 unspecified atom stereocenters. The second-order valence-electron chi connectivity index (χ2n) is 28.2. The molecule has 3 N–H and O–H groups in total. The molecule has 4 atom stereocenters. The van der Waals surface area contributed by atoms with Gasteiger partial charge in [-0.1, -0.05) is 59.6 Å². The van der Waals surface area contributed by atoms with Crippen LogP contribution in [-0.4, -0.2) is 138 Å². The Balaban J connectivity index is 0.000000205. The molecule has 2 aliphatic heterocycles. The number of halogens is 1. The summed E-state index contributed by atoms with van der Waals surface area (Å²) >= 11 is 9.73. The second kappa shape index (κ2) is 37.4. The molecule has 29 heteroatoms. The van der Waals surface area contributed by atoms with Crippen LogP contribution in [0.3, 0.4) is 0 Å². The number of carbonyl (C=O) groups is 2. The molecule has 6 heterocycles. The van der Waals surface area contributed by atoms with Crippen molar-refractivity contribution in [2.75, 3.05) is 82.9 Å². The van der Waals surface area contributed by atoms with Crippen LogP contribution in [0.1, 0.15) is 165 Å². The van der Waals surface area contributed by atoms with E-state index in [4.69, 9.17) is 61.0 Å². The number of hydrogen-bond donors (Lipinski definition) is 3. The molecule has 0 radical (unpaired) electrons. The minimum atomic E-state index is -1.22. The average Bonchev–Trinajstić information content (AvgIpc) is 1.58. The Labute approximate surface area is 688 Å². The normalized spacial score (nSPS) is 16.7. The summed E-state index contributed by atoms with van der Waals surface area (Å²) in [6.07, 6.45) is 9.99. The zero-order valence-corrected chi connectivity index (χ0v) is 71.2. The van der Waals surface area contributed by atoms with E-state index in [1.807, 2.05) is 97.9 Å². The monoisotopic (exact) mass is 1610 g/mol. The largest absolute Gasteiger partial charge is 1.00 e. The summed E-state index contributed by atoms with van der Waals surface area (Å²) in [5.41, 5.74) is 8.86. The molecule has 106 heavy (non-hydrogen) atoms. The second-order valence-corrected chi connectivity index (χ2v) is 34.3. The van der Waals surface area contributed by atoms with E-state index in [0.717, 1.165) is 91.4 Å². The van der Waals surface area contributed by atoms with E-state index in [1.54, 1.807) is 60.7 Å². The van der Waals surface area contributed by atoms with Crippen LogP contribution < -0.4 is 94.9 Å². The van der Waals surface area contributed by atoms with E-state index in [2.05, 4.69) is 109 Å². The first-order valence-electron chi connectivity index (χ1n) is 35.2. The van der Waals surface area contributed by atoms with Crippen LogP contribution in [0.25, 0.3) is 0 Å². The maximum atomic E-state index is 13.4. The molecule has 2 fully saturated rings. The van der Waals surface area contributed by atoms with Crippen molar-refractivity contribution in [1.29, 1.82) is 0 Å². The zero-order valence-electron chi connectivity index (χ0n) is 63.2. The number of esters is 2. The van der Waals surface area contributed by atoms with Crippen molar-refractivity contribution in [2.45, 2.75) is 164 Å². The molecular formula is C77H95BrKN13O10S4. The molecule has 2 aliphatic carbocycles. The van der Waals surface area contributed by atoms with Crippen LogP contribution in [0.2, 0.25) is 0 Å². The summed E-state index contributed by atoms with van der Waals surface area (Å²) in [5.74, 6) is 4.34. The molecule has 2 spiro atoms. The summed E-state index contributed by atoms with van der Waals surface area (Å²) in [6, 6.07) is 31.9. The number of methoxy groups -OCH3 is 4. The molecular weight excluding hydrogens is 1510 g/mol. The Hall–Kier alpha value is -6.35. The number of aromatic nitrogens is 8. The van der Waals surface area contributed by atoms with E-state index in [0.29, 0.717) is 81.3 Å². The van der Waals surface area contributed by atoms with Gasteiger partial charge in [0.15, 0.2) is 23.0 Å². The van der Waals surface area contributed by atoms with Crippen LogP contribution in [0.5, 0.6) is 23.0 Å². The van der Waals surface area contributed by atoms with E-state index in [1.165, 1.54) is 34.0 Å². The number of nitrogens with one attached hydrogen (secondary N) is 3. The van der Waals surface area contributed by atoms with Crippen LogP contribution in [0.15, 0.2) is 129 Å². The Morgan fingerprint density at radius 3 is 1.58 bits per heavy atom. The zero-order chi connectivity index (χ0) is 75.4. The van der Waals surface area contributed by atoms with Crippen molar-refractivity contribution >= 4 is 91.8 Å². The maximum Gasteiger partial charge on any atom is 1.00 e. The van der Waals surface area contributed by atoms with Crippen LogP contribution >= 0.6 is 27.7 Å². The number of piperidine rings is 2. The maximum absolute atomic E-state index is 13.4. The minimum Gasteiger partial charge on any atom is -0.760 e. The Morgan fingerprint density at radius 2 is 1.08 bits per heavy atom. The van der Waals surface area contributed by atoms with Crippen molar-refractivity contribution in [3.63, 3.8) is 0 Å². The molecule has 8 aromatic rings. The number of carbonyl (C=O) groups excluding carboxylic acids is 2. The number of benzene rings is 4. The van der Waals surface area contributed by atoms with Crippen molar-refractivity contribution in [2.24, 2.45) is 10.8 Å². The van der Waals surface area contributed by atoms with Gasteiger partial charge in [0, 0.05) is 69.2 Å². The fraction of sp³-hybridized carbons (Fsp3) is 0.455. The first kappa shape index (κ1) is 83.7. The number of ether oxygens (including phenoxy) is 6. The third-order valence-corrected chi connectivity index (χ3v) is 24.3. The molecule has 4 aromatic heterocycles. The Bertz CT molecular complexity index is 4440. The summed E-state index contributed by atoms with van der Waals surface area (Å²) in [5, 5.41) is 4.91. The predicted molar refractivity (Wildman–Crippen MR) is 416 cm³/mol. The van der Waals surface area contributed by atoms with Crippen LogP contribution in [-0.2, 0) is 76.3 Å². The topological polar surface area (TPSA) is 269 Å². The van der Waals surface area contributed by atoms with Crippen LogP contribution in [0.4, 0.5) is 17.6 Å². The van der Waals surface area contributed by atoms with Crippen molar-refractivity contribution in [1.82, 2.24) is 49.3 Å². The van der Waals surface area contributed by atoms with Gasteiger partial charge in [-0.3, -0.25) is 0 Å². The van der Waals surface area contributed by atoms with Gasteiger partial charge in [0.2, 0.25) is 5.95 Å². The van der Waals surface area contributed by atoms with Gasteiger partial charge in [-0.2, -0.15) is 0 Å². The molecule has 12 rings (SSSR count). The number of nitrogens with zero attached hydrogens (tertiary/aromatic N) is 10. The van der Waals surface area contributed by atoms with Gasteiger partial charge in [-0.25, -0.2) is 67.3 Å². The van der Waals surface area contributed by atoms with Gasteiger partial charge < -0.3 is 56.2 Å². The third-order valence-electron chi connectivity index (χ3n) is 19.2. The molecule has 4 aliphatic rings. The molecule has 4 aromatic carbocycles. The van der Waals surface area contributed by atoms with Crippen molar-refractivity contribution < 1.29 is 97.8 Å². The van der Waals surface area contributed by atoms with Gasteiger partial charge >= 0.3 is 63.3 Å². The molecule has 0 bridgehead atoms. The van der Waals surface area contributed by atoms with Gasteiger partial charge in [0.05, 0.1) is 96.6 Å². The fourth-order valence-electron chi connectivity index (χ4n) is 13.5. The first-order chi connectivity index (χ1) is 50.2. The number of fused-ring (bicyclic) bond motifs is 2. The molecule has 2 saturated heterocycles. The van der Waals surface area contributed by atoms with E-state index in [-0.39, 0.29) is 108 Å². The van der Waals surface area contributed by atoms with Gasteiger partial charge in [0.1, 0.15) is 43.5 Å². The van der Waals surface area contributed by atoms with Gasteiger partial charge in [-0.05, 0) is 211 Å². The fourth-order valence-corrected chi connectivity index (χ4v) is 16.6. The number of aryl methyl sites for hydroxylation is 4. The first-order valence-corrected chi connectivity index (χ1v) is 39.5. The number of anilines is 3. The summed E-state index contributed by atoms with van der Waals surface area (Å²) in [4.78, 5) is 66.8. The minimum absolute atomic E-state index is 0. The van der Waals surface area contributed by atoms with Crippen LogP contribution in [0, 0.1) is 24.7 Å². The Morgan fingerprint density at radius 1 is 0.604 bits per heavy atom. The predicted octanol–water partition coefficient (Wildman–Crippen LogP) is 10.3. The van der Waals surface area contributed by atoms with Gasteiger partial charge in [-0.15, -0.1) is 0 Å². The summed E-state index contributed by atoms with van der Waals surface area (Å²) in [6.45, 7) is 23.2. The summed E-state index contributed by atoms with van der Waals surface area (Å²) in [7, 11) is 4.12. The average molecular weight is 1610 g/mol. The quantitative estimate of drug-likeness (QED) is 0.0246. The van der Waals surface area contributed by atoms with E-state index < -0.39 is 33.9 Å². The van der Waals surface area contributed by atoms with E-state index >= 15 is 0 Å². The smallest absolute Gasteiger partial charge is 0.760 e. The third kappa shape index (κ3) is 20.4. The summed E-state index contributed by atoms with van der Waals surface area (Å²) < 4.78 is 65.4. The standard InChI is InChI=1S/C39H48N6O5S2.C25H33BrN4O3S.C13H15N3O2S.K/c1-8-50-37(46)33-35(45-21-18-39(19-22-45)24-27-11-9-10-12-29(27)34(39)44-52(47)38(3,4)5)41-25(2)36(43-33)51-32-17-20-40-31(42-32)16-14-26-13-15-28(48-6)23-30(26)49-7;1-6-33-23(31)19-22(27-16(2)21(26)28-19)30-13-11-25(12-14-30)15-17-9-7-8-10-18(17)20(25)29-34(32)24(3,4)5;1-17-10-4-3-9(11(7-10)18-2)8-15-13-14-6-5-12(19)16-13;/h9-13,15,17,20,23,34,44H,8,14,16,18-19,21-22,24H2,1-7H3;7-10,20,29H,6,11-15H2,1-5H3;3-7H,8H2,1-2H3,(H2,14,15,16,19);/q;;;+1/p-1/t34-,52+;20-,34-;;/m11../s1. The Kier molecular flexibility index (Phi) is 29.5. The molecule has 0 saturated carbocycles. The van der Waals surface area contributed by atoms with Gasteiger partial charge in [0.25, 0.3) is 0 Å². The van der Waals surface area contributed by atoms with E-state index in [9.17, 15) is 18.0 Å². The van der Waals surface area contributed by atoms with Crippen molar-refractivity contribution in [3.8, 4) is 23.0 Å². The number of hydrogen-bond acceptors (Lipinski definition) is 23. The number of rotatable bonds is 22. The molecule has 0 amide bonds. The van der Waals surface area contributed by atoms with Crippen molar-refractivity contribution in [3.05, 3.63) is 176 Å².